The first kappa shape index (κ1) is 16.1. The molecule has 1 aromatic rings. The van der Waals surface area contributed by atoms with E-state index >= 15 is 0 Å². The molecule has 0 saturated carbocycles. The van der Waals surface area contributed by atoms with Gasteiger partial charge in [0.25, 0.3) is 0 Å². The van der Waals surface area contributed by atoms with Crippen LogP contribution in [0.2, 0.25) is 19.5 Å². The predicted molar refractivity (Wildman–Crippen MR) is 95.9 cm³/mol. The number of nitrogens with zero attached hydrogens (tertiary/aromatic N) is 1. The van der Waals surface area contributed by atoms with Crippen LogP contribution in [0.15, 0.2) is 29.3 Å². The highest BCUT2D eigenvalue weighted by molar-refractivity contribution is 6.58. The quantitative estimate of drug-likeness (QED) is 0.676. The fourth-order valence-electron chi connectivity index (χ4n) is 3.68. The van der Waals surface area contributed by atoms with E-state index in [0.29, 0.717) is 10.8 Å². The van der Waals surface area contributed by atoms with Gasteiger partial charge >= 0.3 is 0 Å². The SMILES string of the molecule is CB1CC(C)(C)C(C)(C)C1.CN=C1Cc2ccccc2N1. The second kappa shape index (κ2) is 5.86. The first-order chi connectivity index (χ1) is 9.75. The van der Waals surface area contributed by atoms with Crippen molar-refractivity contribution in [2.75, 3.05) is 12.4 Å². The Morgan fingerprint density at radius 3 is 2.05 bits per heavy atom. The van der Waals surface area contributed by atoms with Gasteiger partial charge in [-0.3, -0.25) is 4.99 Å². The number of para-hydroxylation sites is 1. The summed E-state index contributed by atoms with van der Waals surface area (Å²) in [5.41, 5.74) is 3.67. The van der Waals surface area contributed by atoms with Gasteiger partial charge in [0, 0.05) is 19.2 Å². The molecule has 21 heavy (non-hydrogen) atoms. The number of aliphatic imine (C=N–C) groups is 1. The van der Waals surface area contributed by atoms with Crippen LogP contribution in [0.5, 0.6) is 0 Å². The molecule has 3 heteroatoms. The molecule has 0 aromatic heterocycles. The van der Waals surface area contributed by atoms with Gasteiger partial charge in [0.05, 0.1) is 0 Å². The second-order valence-electron chi connectivity index (χ2n) is 7.91. The molecule has 2 nitrogen and oxygen atoms in total. The van der Waals surface area contributed by atoms with E-state index in [-0.39, 0.29) is 0 Å². The molecule has 3 rings (SSSR count). The molecule has 2 aliphatic rings. The van der Waals surface area contributed by atoms with Gasteiger partial charge in [0.15, 0.2) is 0 Å². The monoisotopic (exact) mass is 284 g/mol. The highest BCUT2D eigenvalue weighted by Crippen LogP contribution is 2.52. The maximum atomic E-state index is 4.11. The number of amidine groups is 1. The molecule has 2 aliphatic heterocycles. The first-order valence-electron chi connectivity index (χ1n) is 8.06. The Bertz CT molecular complexity index is 489. The van der Waals surface area contributed by atoms with Gasteiger partial charge in [-0.15, -0.1) is 0 Å². The van der Waals surface area contributed by atoms with Crippen LogP contribution in [0.25, 0.3) is 0 Å². The summed E-state index contributed by atoms with van der Waals surface area (Å²) in [6.07, 6.45) is 3.76. The third kappa shape index (κ3) is 3.51. The zero-order valence-corrected chi connectivity index (χ0v) is 14.5. The van der Waals surface area contributed by atoms with E-state index in [1.165, 1.54) is 23.9 Å². The molecule has 0 atom stereocenters. The number of hydrogen-bond acceptors (Lipinski definition) is 1. The smallest absolute Gasteiger partial charge is 0.137 e. The van der Waals surface area contributed by atoms with Crippen LogP contribution in [0.1, 0.15) is 33.3 Å². The fraction of sp³-hybridized carbons (Fsp3) is 0.611. The molecule has 1 N–H and O–H groups in total. The molecule has 0 amide bonds. The van der Waals surface area contributed by atoms with Crippen LogP contribution in [-0.4, -0.2) is 19.6 Å². The largest absolute Gasteiger partial charge is 0.344 e. The number of hydrogen-bond donors (Lipinski definition) is 1. The molecule has 2 heterocycles. The lowest BCUT2D eigenvalue weighted by atomic mass is 9.49. The lowest BCUT2D eigenvalue weighted by molar-refractivity contribution is 0.177. The first-order valence-corrected chi connectivity index (χ1v) is 8.06. The van der Waals surface area contributed by atoms with Gasteiger partial charge in [0.2, 0.25) is 0 Å². The van der Waals surface area contributed by atoms with Crippen molar-refractivity contribution in [1.29, 1.82) is 0 Å². The lowest BCUT2D eigenvalue weighted by Crippen LogP contribution is -2.24. The molecule has 0 radical (unpaired) electrons. The fourth-order valence-corrected chi connectivity index (χ4v) is 3.68. The van der Waals surface area contributed by atoms with Crippen LogP contribution < -0.4 is 5.32 Å². The Balaban J connectivity index is 0.000000155. The van der Waals surface area contributed by atoms with Crippen molar-refractivity contribution in [2.24, 2.45) is 15.8 Å². The van der Waals surface area contributed by atoms with E-state index in [1.54, 1.807) is 0 Å². The molecular formula is C18H29BN2. The third-order valence-corrected chi connectivity index (χ3v) is 5.47. The zero-order valence-electron chi connectivity index (χ0n) is 14.5. The maximum absolute atomic E-state index is 4.11. The van der Waals surface area contributed by atoms with Crippen molar-refractivity contribution in [1.82, 2.24) is 0 Å². The summed E-state index contributed by atoms with van der Waals surface area (Å²) in [5, 5.41) is 3.23. The van der Waals surface area contributed by atoms with Gasteiger partial charge in [-0.25, -0.2) is 0 Å². The molecule has 0 bridgehead atoms. The standard InChI is InChI=1S/C9H19B.C9H10N2/c1-8(2)6-10(5)7-9(8,3)4;1-10-9-6-7-4-2-3-5-8(7)11-9/h6-7H2,1-5H3;2-5H,6H2,1H3,(H,10,11). The molecule has 114 valence electrons. The van der Waals surface area contributed by atoms with E-state index in [1.807, 2.05) is 13.1 Å². The highest BCUT2D eigenvalue weighted by Gasteiger charge is 2.45. The number of anilines is 1. The van der Waals surface area contributed by atoms with Gasteiger partial charge in [0.1, 0.15) is 12.5 Å². The summed E-state index contributed by atoms with van der Waals surface area (Å²) in [5.74, 6) is 1.06. The van der Waals surface area contributed by atoms with Crippen molar-refractivity contribution < 1.29 is 0 Å². The molecular weight excluding hydrogens is 255 g/mol. The van der Waals surface area contributed by atoms with Gasteiger partial charge in [-0.2, -0.15) is 0 Å². The second-order valence-corrected chi connectivity index (χ2v) is 7.91. The Morgan fingerprint density at radius 1 is 1.05 bits per heavy atom. The summed E-state index contributed by atoms with van der Waals surface area (Å²) in [7, 11) is 1.81. The van der Waals surface area contributed by atoms with Crippen LogP contribution in [-0.2, 0) is 6.42 Å². The minimum absolute atomic E-state index is 0.562. The van der Waals surface area contributed by atoms with Gasteiger partial charge in [-0.1, -0.05) is 65.4 Å². The van der Waals surface area contributed by atoms with Crippen molar-refractivity contribution in [2.45, 2.75) is 53.6 Å². The van der Waals surface area contributed by atoms with E-state index in [4.69, 9.17) is 0 Å². The molecule has 0 aliphatic carbocycles. The number of benzene rings is 1. The maximum Gasteiger partial charge on any atom is 0.137 e. The number of fused-ring (bicyclic) bond motifs is 1. The summed E-state index contributed by atoms with van der Waals surface area (Å²) < 4.78 is 0. The van der Waals surface area contributed by atoms with Crippen molar-refractivity contribution in [3.63, 3.8) is 0 Å². The topological polar surface area (TPSA) is 24.4 Å². The van der Waals surface area contributed by atoms with Crippen LogP contribution >= 0.6 is 0 Å². The van der Waals surface area contributed by atoms with Gasteiger partial charge in [-0.05, 0) is 22.5 Å². The normalized spacial score (nSPS) is 23.3. The summed E-state index contributed by atoms with van der Waals surface area (Å²) in [6.45, 7) is 12.9. The van der Waals surface area contributed by atoms with Gasteiger partial charge < -0.3 is 5.32 Å². The summed E-state index contributed by atoms with van der Waals surface area (Å²) >= 11 is 0. The average molecular weight is 284 g/mol. The third-order valence-electron chi connectivity index (χ3n) is 5.47. The Labute approximate surface area is 130 Å². The average Bonchev–Trinajstić information content (AvgIpc) is 2.87. The van der Waals surface area contributed by atoms with Crippen molar-refractivity contribution in [3.05, 3.63) is 29.8 Å². The molecule has 0 unspecified atom stereocenters. The number of rotatable bonds is 0. The molecule has 1 saturated heterocycles. The Hall–Kier alpha value is -1.25. The van der Waals surface area contributed by atoms with Crippen LogP contribution in [0.3, 0.4) is 0 Å². The Morgan fingerprint density at radius 2 is 1.62 bits per heavy atom. The molecule has 1 aromatic carbocycles. The van der Waals surface area contributed by atoms with Crippen LogP contribution in [0.4, 0.5) is 5.69 Å². The zero-order chi connectivity index (χ0) is 15.7. The van der Waals surface area contributed by atoms with E-state index in [9.17, 15) is 0 Å². The van der Waals surface area contributed by atoms with E-state index in [2.05, 4.69) is 63.0 Å². The highest BCUT2D eigenvalue weighted by atomic mass is 15.0. The van der Waals surface area contributed by atoms with Crippen molar-refractivity contribution >= 4 is 18.2 Å². The van der Waals surface area contributed by atoms with E-state index in [0.717, 1.165) is 19.0 Å². The summed E-state index contributed by atoms with van der Waals surface area (Å²) in [4.78, 5) is 4.11. The molecule has 1 fully saturated rings. The minimum atomic E-state index is 0.562. The Kier molecular flexibility index (Phi) is 4.50. The summed E-state index contributed by atoms with van der Waals surface area (Å²) in [6, 6.07) is 8.29. The molecule has 0 spiro atoms. The van der Waals surface area contributed by atoms with Crippen molar-refractivity contribution in [3.8, 4) is 0 Å². The minimum Gasteiger partial charge on any atom is -0.344 e. The van der Waals surface area contributed by atoms with Crippen LogP contribution in [0, 0.1) is 10.8 Å². The van der Waals surface area contributed by atoms with E-state index < -0.39 is 0 Å². The predicted octanol–water partition coefficient (Wildman–Crippen LogP) is 4.86. The number of nitrogens with one attached hydrogen (secondary N) is 1. The lowest BCUT2D eigenvalue weighted by Gasteiger charge is -2.35.